The molecule has 0 unspecified atom stereocenters. The maximum atomic E-state index is 6.17. The Bertz CT molecular complexity index is 1740. The van der Waals surface area contributed by atoms with E-state index < -0.39 is 0 Å². The third-order valence-corrected chi connectivity index (χ3v) is 6.49. The first-order chi connectivity index (χ1) is 20.2. The van der Waals surface area contributed by atoms with E-state index in [-0.39, 0.29) is 12.0 Å². The van der Waals surface area contributed by atoms with E-state index in [1.54, 1.807) is 10.7 Å². The molecule has 0 atom stereocenters. The lowest BCUT2D eigenvalue weighted by atomic mass is 9.88. The highest BCUT2D eigenvalue weighted by Crippen LogP contribution is 2.28. The second-order valence-corrected chi connectivity index (χ2v) is 11.5. The van der Waals surface area contributed by atoms with Crippen molar-refractivity contribution in [3.8, 4) is 34.6 Å². The second kappa shape index (κ2) is 12.8. The van der Waals surface area contributed by atoms with Gasteiger partial charge in [-0.3, -0.25) is 9.88 Å². The molecule has 0 saturated carbocycles. The van der Waals surface area contributed by atoms with Crippen LogP contribution in [0.1, 0.15) is 33.0 Å². The Hall–Kier alpha value is -4.74. The van der Waals surface area contributed by atoms with Gasteiger partial charge in [-0.2, -0.15) is 9.61 Å². The van der Waals surface area contributed by atoms with Crippen LogP contribution in [0.4, 0.5) is 0 Å². The molecule has 3 aromatic heterocycles. The van der Waals surface area contributed by atoms with E-state index in [0.717, 1.165) is 35.1 Å². The standard InChI is InChI=1S/C34H36N6O2/c1-25(22-34(2,3)4)23-39(5)19-9-10-20-41-27-13-14-28-30(21-27)35-18-17-31(28)42-24-33-37-36-32-16-15-29(38-40(32)33)26-11-7-6-8-12-26/h6-8,11-18,21H,1,19-20,22-24H2,2-5H3. The zero-order valence-corrected chi connectivity index (χ0v) is 24.7. The SMILES string of the molecule is C=C(CN(C)CC#CCOc1ccc2c(OCc3nnc4ccc(-c5ccccc5)nn34)ccnc2c1)CC(C)(C)C. The second-order valence-electron chi connectivity index (χ2n) is 11.5. The molecule has 0 aliphatic rings. The first-order valence-corrected chi connectivity index (χ1v) is 14.0. The largest absolute Gasteiger partial charge is 0.485 e. The highest BCUT2D eigenvalue weighted by atomic mass is 16.5. The van der Waals surface area contributed by atoms with Crippen LogP contribution in [0.3, 0.4) is 0 Å². The number of benzene rings is 2. The number of hydrogen-bond donors (Lipinski definition) is 0. The lowest BCUT2D eigenvalue weighted by Crippen LogP contribution is -2.23. The Balaban J connectivity index is 1.18. The van der Waals surface area contributed by atoms with Gasteiger partial charge in [0.05, 0.1) is 17.8 Å². The number of aromatic nitrogens is 5. The zero-order chi connectivity index (χ0) is 29.5. The molecule has 214 valence electrons. The van der Waals surface area contributed by atoms with Gasteiger partial charge in [-0.25, -0.2) is 0 Å². The molecule has 0 spiro atoms. The molecule has 0 saturated heterocycles. The van der Waals surface area contributed by atoms with Crippen molar-refractivity contribution in [1.82, 2.24) is 29.7 Å². The van der Waals surface area contributed by atoms with Crippen molar-refractivity contribution in [2.45, 2.75) is 33.8 Å². The van der Waals surface area contributed by atoms with Crippen LogP contribution < -0.4 is 9.47 Å². The molecular weight excluding hydrogens is 524 g/mol. The molecule has 2 aromatic carbocycles. The summed E-state index contributed by atoms with van der Waals surface area (Å²) < 4.78 is 13.8. The quantitative estimate of drug-likeness (QED) is 0.148. The molecule has 8 heteroatoms. The molecule has 0 aliphatic carbocycles. The summed E-state index contributed by atoms with van der Waals surface area (Å²) in [6.45, 7) is 12.9. The van der Waals surface area contributed by atoms with Crippen molar-refractivity contribution in [2.24, 2.45) is 5.41 Å². The number of pyridine rings is 1. The van der Waals surface area contributed by atoms with Crippen LogP contribution in [-0.2, 0) is 6.61 Å². The molecule has 8 nitrogen and oxygen atoms in total. The van der Waals surface area contributed by atoms with Crippen molar-refractivity contribution in [2.75, 3.05) is 26.7 Å². The van der Waals surface area contributed by atoms with E-state index in [1.807, 2.05) is 66.7 Å². The van der Waals surface area contributed by atoms with Crippen LogP contribution in [0.15, 0.2) is 85.1 Å². The highest BCUT2D eigenvalue weighted by molar-refractivity contribution is 5.86. The Labute approximate surface area is 247 Å². The van der Waals surface area contributed by atoms with Crippen LogP contribution in [0, 0.1) is 17.3 Å². The first kappa shape index (κ1) is 28.8. The van der Waals surface area contributed by atoms with Crippen LogP contribution in [0.2, 0.25) is 0 Å². The topological polar surface area (TPSA) is 77.7 Å². The third kappa shape index (κ3) is 7.50. The van der Waals surface area contributed by atoms with Gasteiger partial charge in [-0.05, 0) is 49.2 Å². The summed E-state index contributed by atoms with van der Waals surface area (Å²) in [5.41, 5.74) is 4.76. The molecule has 5 aromatic rings. The number of hydrogen-bond acceptors (Lipinski definition) is 7. The molecule has 0 N–H and O–H groups in total. The fraction of sp³-hybridized carbons (Fsp3) is 0.294. The van der Waals surface area contributed by atoms with E-state index in [9.17, 15) is 0 Å². The minimum atomic E-state index is 0.206. The molecule has 0 bridgehead atoms. The maximum absolute atomic E-state index is 6.17. The maximum Gasteiger partial charge on any atom is 0.192 e. The van der Waals surface area contributed by atoms with Crippen LogP contribution in [0.5, 0.6) is 11.5 Å². The Morgan fingerprint density at radius 3 is 2.62 bits per heavy atom. The van der Waals surface area contributed by atoms with Gasteiger partial charge < -0.3 is 9.47 Å². The molecule has 42 heavy (non-hydrogen) atoms. The number of likely N-dealkylation sites (N-methyl/N-ethyl adjacent to an activating group) is 1. The predicted molar refractivity (Wildman–Crippen MR) is 166 cm³/mol. The van der Waals surface area contributed by atoms with E-state index in [0.29, 0.717) is 36.1 Å². The molecular formula is C34H36N6O2. The van der Waals surface area contributed by atoms with Gasteiger partial charge in [-0.1, -0.05) is 75.1 Å². The minimum Gasteiger partial charge on any atom is -0.485 e. The van der Waals surface area contributed by atoms with Gasteiger partial charge in [-0.15, -0.1) is 10.2 Å². The van der Waals surface area contributed by atoms with Crippen molar-refractivity contribution in [1.29, 1.82) is 0 Å². The van der Waals surface area contributed by atoms with Crippen molar-refractivity contribution in [3.05, 3.63) is 90.9 Å². The molecule has 0 amide bonds. The van der Waals surface area contributed by atoms with Gasteiger partial charge in [0, 0.05) is 29.8 Å². The number of ether oxygens (including phenoxy) is 2. The minimum absolute atomic E-state index is 0.206. The van der Waals surface area contributed by atoms with Crippen molar-refractivity contribution in [3.63, 3.8) is 0 Å². The lowest BCUT2D eigenvalue weighted by molar-refractivity contribution is 0.296. The predicted octanol–water partition coefficient (Wildman–Crippen LogP) is 6.22. The average molecular weight is 561 g/mol. The van der Waals surface area contributed by atoms with Crippen molar-refractivity contribution < 1.29 is 9.47 Å². The highest BCUT2D eigenvalue weighted by Gasteiger charge is 2.13. The molecule has 3 heterocycles. The normalized spacial score (nSPS) is 11.5. The summed E-state index contributed by atoms with van der Waals surface area (Å²) >= 11 is 0. The Morgan fingerprint density at radius 2 is 1.81 bits per heavy atom. The summed E-state index contributed by atoms with van der Waals surface area (Å²) in [4.78, 5) is 6.68. The monoisotopic (exact) mass is 560 g/mol. The summed E-state index contributed by atoms with van der Waals surface area (Å²) in [6, 6.07) is 21.4. The van der Waals surface area contributed by atoms with Gasteiger partial charge in [0.25, 0.3) is 0 Å². The molecule has 0 aliphatic heterocycles. The number of nitrogens with zero attached hydrogens (tertiary/aromatic N) is 6. The number of fused-ring (bicyclic) bond motifs is 2. The summed E-state index contributed by atoms with van der Waals surface area (Å²) in [5.74, 6) is 8.29. The Kier molecular flexibility index (Phi) is 8.80. The third-order valence-electron chi connectivity index (χ3n) is 6.49. The van der Waals surface area contributed by atoms with E-state index >= 15 is 0 Å². The van der Waals surface area contributed by atoms with E-state index in [4.69, 9.17) is 14.6 Å². The van der Waals surface area contributed by atoms with Gasteiger partial charge in [0.2, 0.25) is 0 Å². The summed E-state index contributed by atoms with van der Waals surface area (Å²) in [7, 11) is 2.06. The van der Waals surface area contributed by atoms with Crippen LogP contribution in [0.25, 0.3) is 27.8 Å². The van der Waals surface area contributed by atoms with Gasteiger partial charge >= 0.3 is 0 Å². The van der Waals surface area contributed by atoms with Crippen LogP contribution >= 0.6 is 0 Å². The fourth-order valence-electron chi connectivity index (χ4n) is 4.75. The van der Waals surface area contributed by atoms with Gasteiger partial charge in [0.1, 0.15) is 24.7 Å². The number of rotatable bonds is 10. The average Bonchev–Trinajstić information content (AvgIpc) is 3.37. The van der Waals surface area contributed by atoms with Crippen molar-refractivity contribution >= 4 is 16.6 Å². The smallest absolute Gasteiger partial charge is 0.192 e. The van der Waals surface area contributed by atoms with E-state index in [2.05, 4.69) is 66.3 Å². The Morgan fingerprint density at radius 1 is 0.976 bits per heavy atom. The molecule has 5 rings (SSSR count). The summed E-state index contributed by atoms with van der Waals surface area (Å²) in [5, 5.41) is 14.1. The van der Waals surface area contributed by atoms with Gasteiger partial charge in [0.15, 0.2) is 11.5 Å². The van der Waals surface area contributed by atoms with Crippen LogP contribution in [-0.4, -0.2) is 56.4 Å². The first-order valence-electron chi connectivity index (χ1n) is 14.0. The zero-order valence-electron chi connectivity index (χ0n) is 24.7. The van der Waals surface area contributed by atoms with E-state index in [1.165, 1.54) is 5.57 Å². The fourth-order valence-corrected chi connectivity index (χ4v) is 4.75. The lowest BCUT2D eigenvalue weighted by Gasteiger charge is -2.22. The molecule has 0 fully saturated rings. The molecule has 0 radical (unpaired) electrons. The summed E-state index contributed by atoms with van der Waals surface area (Å²) in [6.07, 6.45) is 2.72.